The molecule has 0 spiro atoms. The second kappa shape index (κ2) is 5.94. The molecule has 1 aromatic carbocycles. The lowest BCUT2D eigenvalue weighted by molar-refractivity contribution is 0.102. The van der Waals surface area contributed by atoms with Gasteiger partial charge in [-0.3, -0.25) is 9.48 Å². The molecular weight excluding hydrogens is 353 g/mol. The highest BCUT2D eigenvalue weighted by Gasteiger charge is 2.16. The second-order valence-electron chi connectivity index (χ2n) is 3.74. The molecule has 0 unspecified atom stereocenters. The Bertz CT molecular complexity index is 627. The summed E-state index contributed by atoms with van der Waals surface area (Å²) >= 11 is 15.2. The third kappa shape index (κ3) is 3.11. The molecule has 0 aliphatic carbocycles. The number of anilines is 1. The Labute approximate surface area is 128 Å². The Morgan fingerprint density at radius 3 is 2.84 bits per heavy atom. The lowest BCUT2D eigenvalue weighted by Crippen LogP contribution is -2.14. The van der Waals surface area contributed by atoms with E-state index in [-0.39, 0.29) is 5.91 Å². The van der Waals surface area contributed by atoms with Crippen LogP contribution in [0.4, 0.5) is 5.69 Å². The van der Waals surface area contributed by atoms with Gasteiger partial charge in [0.25, 0.3) is 5.91 Å². The first-order chi connectivity index (χ1) is 9.02. The number of aromatic nitrogens is 2. The Morgan fingerprint density at radius 2 is 2.21 bits per heavy atom. The summed E-state index contributed by atoms with van der Waals surface area (Å²) in [4.78, 5) is 12.1. The highest BCUT2D eigenvalue weighted by Crippen LogP contribution is 2.30. The van der Waals surface area contributed by atoms with Crippen LogP contribution in [0, 0.1) is 0 Å². The van der Waals surface area contributed by atoms with Gasteiger partial charge in [-0.2, -0.15) is 5.10 Å². The minimum atomic E-state index is -0.344. The number of rotatable bonds is 3. The largest absolute Gasteiger partial charge is 0.319 e. The van der Waals surface area contributed by atoms with Crippen LogP contribution in [0.1, 0.15) is 17.4 Å². The topological polar surface area (TPSA) is 46.9 Å². The predicted octanol–water partition coefficient (Wildman–Crippen LogP) is 4.22. The molecular formula is C12H10BrCl2N3O. The SMILES string of the molecule is CCn1cc(Br)c(C(=O)Nc2cccc(Cl)c2Cl)n1. The van der Waals surface area contributed by atoms with E-state index in [1.54, 1.807) is 29.1 Å². The molecule has 0 atom stereocenters. The summed E-state index contributed by atoms with van der Waals surface area (Å²) in [5.74, 6) is -0.344. The van der Waals surface area contributed by atoms with Gasteiger partial charge >= 0.3 is 0 Å². The molecule has 1 aromatic heterocycles. The molecule has 0 saturated carbocycles. The third-order valence-corrected chi connectivity index (χ3v) is 3.86. The van der Waals surface area contributed by atoms with E-state index in [2.05, 4.69) is 26.3 Å². The zero-order valence-corrected chi connectivity index (χ0v) is 13.1. The van der Waals surface area contributed by atoms with Crippen molar-refractivity contribution in [3.8, 4) is 0 Å². The van der Waals surface area contributed by atoms with Crippen molar-refractivity contribution in [3.63, 3.8) is 0 Å². The Hall–Kier alpha value is -1.04. The maximum atomic E-state index is 12.1. The highest BCUT2D eigenvalue weighted by molar-refractivity contribution is 9.10. The molecule has 1 amide bonds. The smallest absolute Gasteiger partial charge is 0.277 e. The molecule has 4 nitrogen and oxygen atoms in total. The number of halogens is 3. The number of aryl methyl sites for hydroxylation is 1. The zero-order chi connectivity index (χ0) is 14.0. The zero-order valence-electron chi connectivity index (χ0n) is 9.95. The van der Waals surface area contributed by atoms with E-state index >= 15 is 0 Å². The summed E-state index contributed by atoms with van der Waals surface area (Å²) in [7, 11) is 0. The van der Waals surface area contributed by atoms with Gasteiger partial charge < -0.3 is 5.32 Å². The number of hydrogen-bond donors (Lipinski definition) is 1. The first-order valence-corrected chi connectivity index (χ1v) is 7.06. The van der Waals surface area contributed by atoms with Crippen LogP contribution >= 0.6 is 39.1 Å². The first kappa shape index (κ1) is 14.4. The summed E-state index contributed by atoms with van der Waals surface area (Å²) in [6.45, 7) is 2.62. The van der Waals surface area contributed by atoms with Gasteiger partial charge in [0.1, 0.15) is 0 Å². The van der Waals surface area contributed by atoms with Gasteiger partial charge in [-0.05, 0) is 35.0 Å². The molecule has 100 valence electrons. The molecule has 0 bridgehead atoms. The minimum absolute atomic E-state index is 0.304. The molecule has 2 aromatic rings. The average Bonchev–Trinajstić information content (AvgIpc) is 2.76. The van der Waals surface area contributed by atoms with Crippen LogP contribution in [-0.4, -0.2) is 15.7 Å². The van der Waals surface area contributed by atoms with Crippen molar-refractivity contribution >= 4 is 50.7 Å². The summed E-state index contributed by atoms with van der Waals surface area (Å²) < 4.78 is 2.29. The van der Waals surface area contributed by atoms with Crippen LogP contribution in [0.15, 0.2) is 28.9 Å². The summed E-state index contributed by atoms with van der Waals surface area (Å²) in [5, 5.41) is 7.54. The van der Waals surface area contributed by atoms with Crippen molar-refractivity contribution in [1.82, 2.24) is 9.78 Å². The Morgan fingerprint density at radius 1 is 1.47 bits per heavy atom. The number of benzene rings is 1. The van der Waals surface area contributed by atoms with Gasteiger partial charge in [-0.1, -0.05) is 29.3 Å². The maximum absolute atomic E-state index is 12.1. The number of carbonyl (C=O) groups excluding carboxylic acids is 1. The standard InChI is InChI=1S/C12H10BrCl2N3O/c1-2-18-6-7(13)11(17-18)12(19)16-9-5-3-4-8(14)10(9)15/h3-6H,2H2,1H3,(H,16,19). The van der Waals surface area contributed by atoms with Crippen molar-refractivity contribution in [2.75, 3.05) is 5.32 Å². The molecule has 0 aliphatic rings. The molecule has 0 aliphatic heterocycles. The van der Waals surface area contributed by atoms with Crippen molar-refractivity contribution in [2.24, 2.45) is 0 Å². The van der Waals surface area contributed by atoms with E-state index in [0.29, 0.717) is 32.4 Å². The molecule has 1 heterocycles. The lowest BCUT2D eigenvalue weighted by atomic mass is 10.3. The van der Waals surface area contributed by atoms with Crippen LogP contribution in [0.25, 0.3) is 0 Å². The Balaban J connectivity index is 2.25. The van der Waals surface area contributed by atoms with Gasteiger partial charge in [0.05, 0.1) is 20.2 Å². The number of nitrogens with one attached hydrogen (secondary N) is 1. The van der Waals surface area contributed by atoms with Crippen LogP contribution in [-0.2, 0) is 6.54 Å². The van der Waals surface area contributed by atoms with Crippen LogP contribution in [0.3, 0.4) is 0 Å². The number of nitrogens with zero attached hydrogens (tertiary/aromatic N) is 2. The lowest BCUT2D eigenvalue weighted by Gasteiger charge is -2.06. The van der Waals surface area contributed by atoms with E-state index in [9.17, 15) is 4.79 Å². The third-order valence-electron chi connectivity index (χ3n) is 2.46. The van der Waals surface area contributed by atoms with Crippen LogP contribution < -0.4 is 5.32 Å². The molecule has 0 fully saturated rings. The van der Waals surface area contributed by atoms with Crippen LogP contribution in [0.5, 0.6) is 0 Å². The van der Waals surface area contributed by atoms with E-state index in [1.807, 2.05) is 6.92 Å². The fourth-order valence-electron chi connectivity index (χ4n) is 1.49. The van der Waals surface area contributed by atoms with E-state index in [0.717, 1.165) is 0 Å². The monoisotopic (exact) mass is 361 g/mol. The van der Waals surface area contributed by atoms with Gasteiger partial charge in [-0.25, -0.2) is 0 Å². The predicted molar refractivity (Wildman–Crippen MR) is 80.0 cm³/mol. The van der Waals surface area contributed by atoms with Crippen LogP contribution in [0.2, 0.25) is 10.0 Å². The number of hydrogen-bond acceptors (Lipinski definition) is 2. The van der Waals surface area contributed by atoms with Crippen molar-refractivity contribution in [1.29, 1.82) is 0 Å². The number of carbonyl (C=O) groups is 1. The average molecular weight is 363 g/mol. The normalized spacial score (nSPS) is 10.5. The first-order valence-electron chi connectivity index (χ1n) is 5.51. The van der Waals surface area contributed by atoms with E-state index < -0.39 is 0 Å². The Kier molecular flexibility index (Phi) is 4.50. The maximum Gasteiger partial charge on any atom is 0.277 e. The summed E-state index contributed by atoms with van der Waals surface area (Å²) in [6, 6.07) is 5.04. The summed E-state index contributed by atoms with van der Waals surface area (Å²) in [5.41, 5.74) is 0.759. The van der Waals surface area contributed by atoms with Gasteiger partial charge in [0.15, 0.2) is 5.69 Å². The highest BCUT2D eigenvalue weighted by atomic mass is 79.9. The molecule has 0 radical (unpaired) electrons. The van der Waals surface area contributed by atoms with E-state index in [4.69, 9.17) is 23.2 Å². The molecule has 0 saturated heterocycles. The molecule has 1 N–H and O–H groups in total. The fourth-order valence-corrected chi connectivity index (χ4v) is 2.34. The van der Waals surface area contributed by atoms with Crippen molar-refractivity contribution in [3.05, 3.63) is 44.6 Å². The molecule has 7 heteroatoms. The van der Waals surface area contributed by atoms with E-state index in [1.165, 1.54) is 0 Å². The van der Waals surface area contributed by atoms with Gasteiger partial charge in [0.2, 0.25) is 0 Å². The fraction of sp³-hybridized carbons (Fsp3) is 0.167. The van der Waals surface area contributed by atoms with Gasteiger partial charge in [-0.15, -0.1) is 0 Å². The minimum Gasteiger partial charge on any atom is -0.319 e. The van der Waals surface area contributed by atoms with Gasteiger partial charge in [0, 0.05) is 12.7 Å². The van der Waals surface area contributed by atoms with Crippen molar-refractivity contribution < 1.29 is 4.79 Å². The van der Waals surface area contributed by atoms with Crippen molar-refractivity contribution in [2.45, 2.75) is 13.5 Å². The second-order valence-corrected chi connectivity index (χ2v) is 5.38. The molecule has 19 heavy (non-hydrogen) atoms. The molecule has 2 rings (SSSR count). The summed E-state index contributed by atoms with van der Waals surface area (Å²) in [6.07, 6.45) is 1.74. The quantitative estimate of drug-likeness (QED) is 0.888. The number of amides is 1.